The van der Waals surface area contributed by atoms with Gasteiger partial charge in [-0.1, -0.05) is 31.4 Å². The third-order valence-corrected chi connectivity index (χ3v) is 1.54. The van der Waals surface area contributed by atoms with E-state index >= 15 is 0 Å². The molecule has 1 rings (SSSR count). The van der Waals surface area contributed by atoms with Crippen molar-refractivity contribution in [3.63, 3.8) is 0 Å². The zero-order valence-electron chi connectivity index (χ0n) is 6.58. The second kappa shape index (κ2) is 4.82. The van der Waals surface area contributed by atoms with Crippen LogP contribution in [-0.2, 0) is 6.42 Å². The lowest BCUT2D eigenvalue weighted by atomic mass is 10.1. The highest BCUT2D eigenvalue weighted by Crippen LogP contribution is 2.01. The van der Waals surface area contributed by atoms with Crippen LogP contribution < -0.4 is 0 Å². The van der Waals surface area contributed by atoms with Crippen molar-refractivity contribution in [2.75, 3.05) is 0 Å². The number of nitrogens with zero attached hydrogens (tertiary/aromatic N) is 3. The average Bonchev–Trinajstić information content (AvgIpc) is 2.50. The molecular formula is C7H13N4. The van der Waals surface area contributed by atoms with Crippen LogP contribution in [0.5, 0.6) is 0 Å². The Morgan fingerprint density at radius 2 is 2.18 bits per heavy atom. The molecule has 1 heterocycles. The number of hydrogen-bond acceptors (Lipinski definition) is 3. The van der Waals surface area contributed by atoms with Gasteiger partial charge in [0.1, 0.15) is 0 Å². The number of aryl methyl sites for hydroxylation is 1. The van der Waals surface area contributed by atoms with E-state index in [0.29, 0.717) is 0 Å². The van der Waals surface area contributed by atoms with Gasteiger partial charge in [-0.15, -0.1) is 10.2 Å². The minimum Gasteiger partial charge on any atom is -0.177 e. The fourth-order valence-electron chi connectivity index (χ4n) is 0.925. The van der Waals surface area contributed by atoms with E-state index in [1.54, 1.807) is 0 Å². The second-order valence-electron chi connectivity index (χ2n) is 2.49. The van der Waals surface area contributed by atoms with Gasteiger partial charge in [0.05, 0.1) is 0 Å². The van der Waals surface area contributed by atoms with Gasteiger partial charge < -0.3 is 0 Å². The van der Waals surface area contributed by atoms with E-state index in [9.17, 15) is 0 Å². The van der Waals surface area contributed by atoms with Gasteiger partial charge in [-0.3, -0.25) is 0 Å². The molecule has 4 heteroatoms. The molecule has 4 nitrogen and oxygen atoms in total. The number of nitrogens with one attached hydrogen (secondary N) is 1. The third-order valence-electron chi connectivity index (χ3n) is 1.54. The van der Waals surface area contributed by atoms with Crippen LogP contribution in [0.3, 0.4) is 0 Å². The van der Waals surface area contributed by atoms with E-state index in [-0.39, 0.29) is 0 Å². The Hall–Kier alpha value is -0.930. The number of hydrogen-bond donors (Lipinski definition) is 1. The van der Waals surface area contributed by atoms with Crippen molar-refractivity contribution in [3.8, 4) is 0 Å². The lowest BCUT2D eigenvalue weighted by Crippen LogP contribution is -1.88. The van der Waals surface area contributed by atoms with Gasteiger partial charge >= 0.3 is 0 Å². The Labute approximate surface area is 66.4 Å². The highest BCUT2D eigenvalue weighted by atomic mass is 15.5. The standard InChI is InChI=1S/C7H13N4/c1-2-3-4-5-6-7-8-10-11-9-7/h1-6H2,(H,8,9,10,11). The number of H-pyrrole nitrogens is 1. The molecule has 1 N–H and O–H groups in total. The zero-order chi connectivity index (χ0) is 7.94. The van der Waals surface area contributed by atoms with Crippen LogP contribution >= 0.6 is 0 Å². The molecule has 0 aliphatic heterocycles. The summed E-state index contributed by atoms with van der Waals surface area (Å²) >= 11 is 0. The van der Waals surface area contributed by atoms with E-state index < -0.39 is 0 Å². The van der Waals surface area contributed by atoms with E-state index in [0.717, 1.165) is 25.1 Å². The summed E-state index contributed by atoms with van der Waals surface area (Å²) in [6.45, 7) is 3.77. The third kappa shape index (κ3) is 3.11. The molecule has 0 saturated heterocycles. The zero-order valence-corrected chi connectivity index (χ0v) is 6.58. The van der Waals surface area contributed by atoms with E-state index in [2.05, 4.69) is 27.5 Å². The summed E-state index contributed by atoms with van der Waals surface area (Å²) in [5.74, 6) is 0.814. The maximum atomic E-state index is 3.85. The second-order valence-corrected chi connectivity index (χ2v) is 2.49. The van der Waals surface area contributed by atoms with Crippen LogP contribution in [0, 0.1) is 6.92 Å². The Kier molecular flexibility index (Phi) is 3.58. The summed E-state index contributed by atoms with van der Waals surface area (Å²) < 4.78 is 0. The van der Waals surface area contributed by atoms with Crippen LogP contribution in [0.15, 0.2) is 0 Å². The van der Waals surface area contributed by atoms with Crippen molar-refractivity contribution in [1.82, 2.24) is 20.6 Å². The molecule has 0 aliphatic rings. The first-order valence-corrected chi connectivity index (χ1v) is 3.95. The predicted octanol–water partition coefficient (Wildman–Crippen LogP) is 1.14. The lowest BCUT2D eigenvalue weighted by molar-refractivity contribution is 0.669. The average molecular weight is 153 g/mol. The van der Waals surface area contributed by atoms with Crippen molar-refractivity contribution in [3.05, 3.63) is 12.7 Å². The lowest BCUT2D eigenvalue weighted by Gasteiger charge is -1.93. The van der Waals surface area contributed by atoms with Crippen LogP contribution in [-0.4, -0.2) is 20.6 Å². The normalized spacial score (nSPS) is 10.3. The first kappa shape index (κ1) is 8.17. The maximum Gasteiger partial charge on any atom is 0.174 e. The smallest absolute Gasteiger partial charge is 0.174 e. The molecule has 0 saturated carbocycles. The molecule has 0 bridgehead atoms. The molecule has 0 aliphatic carbocycles. The van der Waals surface area contributed by atoms with Gasteiger partial charge in [-0.25, -0.2) is 0 Å². The number of unbranched alkanes of at least 4 members (excludes halogenated alkanes) is 3. The Bertz CT molecular complexity index is 171. The highest BCUT2D eigenvalue weighted by Gasteiger charge is 1.95. The van der Waals surface area contributed by atoms with Crippen molar-refractivity contribution in [2.45, 2.75) is 32.1 Å². The summed E-state index contributed by atoms with van der Waals surface area (Å²) in [4.78, 5) is 0. The minimum absolute atomic E-state index is 0.814. The van der Waals surface area contributed by atoms with Gasteiger partial charge in [-0.2, -0.15) is 5.21 Å². The topological polar surface area (TPSA) is 54.5 Å². The Morgan fingerprint density at radius 1 is 1.27 bits per heavy atom. The maximum absolute atomic E-state index is 3.85. The molecule has 0 aromatic carbocycles. The quantitative estimate of drug-likeness (QED) is 0.645. The molecule has 0 spiro atoms. The fraction of sp³-hybridized carbons (Fsp3) is 0.714. The van der Waals surface area contributed by atoms with E-state index in [1.165, 1.54) is 12.8 Å². The van der Waals surface area contributed by atoms with Crippen LogP contribution in [0.25, 0.3) is 0 Å². The predicted molar refractivity (Wildman–Crippen MR) is 41.7 cm³/mol. The SMILES string of the molecule is [CH2]CCCCCc1nn[nH]n1. The fourth-order valence-corrected chi connectivity index (χ4v) is 0.925. The van der Waals surface area contributed by atoms with Crippen molar-refractivity contribution >= 4 is 0 Å². The molecular weight excluding hydrogens is 140 g/mol. The summed E-state index contributed by atoms with van der Waals surface area (Å²) in [6, 6.07) is 0. The molecule has 0 fully saturated rings. The Balaban J connectivity index is 2.04. The number of rotatable bonds is 5. The minimum atomic E-state index is 0.814. The van der Waals surface area contributed by atoms with Crippen LogP contribution in [0.2, 0.25) is 0 Å². The van der Waals surface area contributed by atoms with Crippen molar-refractivity contribution < 1.29 is 0 Å². The van der Waals surface area contributed by atoms with Crippen molar-refractivity contribution in [2.24, 2.45) is 0 Å². The summed E-state index contributed by atoms with van der Waals surface area (Å²) in [5, 5.41) is 13.6. The molecule has 61 valence electrons. The Morgan fingerprint density at radius 3 is 2.82 bits per heavy atom. The van der Waals surface area contributed by atoms with E-state index in [1.807, 2.05) is 0 Å². The van der Waals surface area contributed by atoms with Gasteiger partial charge in [0.25, 0.3) is 0 Å². The molecule has 1 aromatic rings. The van der Waals surface area contributed by atoms with Gasteiger partial charge in [-0.05, 0) is 6.42 Å². The first-order chi connectivity index (χ1) is 5.43. The molecule has 1 radical (unpaired) electrons. The summed E-state index contributed by atoms with van der Waals surface area (Å²) in [7, 11) is 0. The highest BCUT2D eigenvalue weighted by molar-refractivity contribution is 4.74. The van der Waals surface area contributed by atoms with Crippen LogP contribution in [0.4, 0.5) is 0 Å². The van der Waals surface area contributed by atoms with Crippen LogP contribution in [0.1, 0.15) is 31.5 Å². The van der Waals surface area contributed by atoms with Gasteiger partial charge in [0, 0.05) is 6.42 Å². The van der Waals surface area contributed by atoms with Crippen molar-refractivity contribution in [1.29, 1.82) is 0 Å². The molecule has 1 aromatic heterocycles. The molecule has 0 amide bonds. The molecule has 0 unspecified atom stereocenters. The number of aromatic nitrogens is 4. The molecule has 11 heavy (non-hydrogen) atoms. The van der Waals surface area contributed by atoms with Gasteiger partial charge in [0.15, 0.2) is 5.82 Å². The summed E-state index contributed by atoms with van der Waals surface area (Å²) in [6.07, 6.45) is 5.48. The first-order valence-electron chi connectivity index (χ1n) is 3.95. The monoisotopic (exact) mass is 153 g/mol. The number of tetrazole rings is 1. The van der Waals surface area contributed by atoms with Gasteiger partial charge in [0.2, 0.25) is 0 Å². The summed E-state index contributed by atoms with van der Waals surface area (Å²) in [5.41, 5.74) is 0. The van der Waals surface area contributed by atoms with E-state index in [4.69, 9.17) is 0 Å². The number of aromatic amines is 1. The largest absolute Gasteiger partial charge is 0.177 e. The molecule has 0 atom stereocenters.